The van der Waals surface area contributed by atoms with E-state index in [4.69, 9.17) is 10.4 Å². The second-order valence-electron chi connectivity index (χ2n) is 2.54. The summed E-state index contributed by atoms with van der Waals surface area (Å²) < 4.78 is 0.629. The van der Waals surface area contributed by atoms with Gasteiger partial charge in [-0.1, -0.05) is 6.07 Å². The second kappa shape index (κ2) is 3.75. The van der Waals surface area contributed by atoms with Crippen molar-refractivity contribution in [1.82, 2.24) is 0 Å². The van der Waals surface area contributed by atoms with Gasteiger partial charge >= 0.3 is 5.97 Å². The van der Waals surface area contributed by atoms with Crippen molar-refractivity contribution >= 4 is 28.6 Å². The zero-order valence-electron chi connectivity index (χ0n) is 6.84. The van der Waals surface area contributed by atoms with Gasteiger partial charge in [-0.3, -0.25) is 0 Å². The first-order chi connectivity index (χ1) is 6.07. The molecule has 0 aliphatic carbocycles. The first kappa shape index (κ1) is 9.99. The monoisotopic (exact) mass is 287 g/mol. The van der Waals surface area contributed by atoms with Crippen LogP contribution in [0.4, 0.5) is 0 Å². The van der Waals surface area contributed by atoms with Crippen LogP contribution in [0, 0.1) is 21.8 Å². The zero-order chi connectivity index (χ0) is 10.0. The summed E-state index contributed by atoms with van der Waals surface area (Å²) in [6.07, 6.45) is 0. The Kier molecular flexibility index (Phi) is 2.88. The van der Waals surface area contributed by atoms with Crippen LogP contribution in [0.3, 0.4) is 0 Å². The molecule has 0 amide bonds. The number of nitriles is 1. The van der Waals surface area contributed by atoms with Crippen LogP contribution in [0.15, 0.2) is 12.1 Å². The third-order valence-electron chi connectivity index (χ3n) is 1.67. The Morgan fingerprint density at radius 2 is 2.23 bits per heavy atom. The number of aryl methyl sites for hydroxylation is 1. The topological polar surface area (TPSA) is 61.1 Å². The number of hydrogen-bond donors (Lipinski definition) is 1. The van der Waals surface area contributed by atoms with Crippen LogP contribution in [0.1, 0.15) is 21.5 Å². The van der Waals surface area contributed by atoms with E-state index < -0.39 is 5.97 Å². The van der Waals surface area contributed by atoms with E-state index in [9.17, 15) is 4.79 Å². The zero-order valence-corrected chi connectivity index (χ0v) is 8.99. The Bertz CT molecular complexity index is 407. The van der Waals surface area contributed by atoms with Crippen molar-refractivity contribution < 1.29 is 9.90 Å². The molecular weight excluding hydrogens is 281 g/mol. The molecule has 4 heteroatoms. The smallest absolute Gasteiger partial charge is 0.338 e. The average molecular weight is 287 g/mol. The quantitative estimate of drug-likeness (QED) is 0.805. The van der Waals surface area contributed by atoms with Crippen molar-refractivity contribution in [2.45, 2.75) is 6.92 Å². The summed E-state index contributed by atoms with van der Waals surface area (Å²) in [5.74, 6) is -1.05. The second-order valence-corrected chi connectivity index (χ2v) is 3.61. The highest BCUT2D eigenvalue weighted by molar-refractivity contribution is 14.1. The number of hydrogen-bond acceptors (Lipinski definition) is 2. The van der Waals surface area contributed by atoms with Crippen molar-refractivity contribution in [3.8, 4) is 6.07 Å². The van der Waals surface area contributed by atoms with Gasteiger partial charge in [0.05, 0.1) is 11.1 Å². The molecule has 1 N–H and O–H groups in total. The number of halogens is 1. The molecule has 66 valence electrons. The molecule has 0 aromatic heterocycles. The fraction of sp³-hybridized carbons (Fsp3) is 0.111. The molecule has 1 rings (SSSR count). The van der Waals surface area contributed by atoms with Crippen LogP contribution in [-0.4, -0.2) is 11.1 Å². The Morgan fingerprint density at radius 1 is 1.62 bits per heavy atom. The summed E-state index contributed by atoms with van der Waals surface area (Å²) in [7, 11) is 0. The summed E-state index contributed by atoms with van der Waals surface area (Å²) in [4.78, 5) is 10.8. The third-order valence-corrected chi connectivity index (χ3v) is 3.06. The van der Waals surface area contributed by atoms with Gasteiger partial charge in [-0.05, 0) is 41.1 Å². The maximum absolute atomic E-state index is 10.8. The van der Waals surface area contributed by atoms with Gasteiger partial charge in [-0.15, -0.1) is 0 Å². The normalized spacial score (nSPS) is 9.31. The Hall–Kier alpha value is -1.09. The maximum atomic E-state index is 10.8. The molecular formula is C9H6INO2. The minimum atomic E-state index is -1.05. The van der Waals surface area contributed by atoms with Gasteiger partial charge in [0.15, 0.2) is 0 Å². The highest BCUT2D eigenvalue weighted by atomic mass is 127. The highest BCUT2D eigenvalue weighted by Gasteiger charge is 2.15. The molecule has 0 fully saturated rings. The lowest BCUT2D eigenvalue weighted by Crippen LogP contribution is -2.04. The molecule has 0 radical (unpaired) electrons. The van der Waals surface area contributed by atoms with E-state index in [0.29, 0.717) is 3.57 Å². The molecule has 1 aromatic carbocycles. The fourth-order valence-electron chi connectivity index (χ4n) is 0.982. The van der Waals surface area contributed by atoms with E-state index in [1.807, 2.05) is 35.6 Å². The van der Waals surface area contributed by atoms with Gasteiger partial charge in [-0.25, -0.2) is 4.79 Å². The van der Waals surface area contributed by atoms with E-state index in [1.165, 1.54) is 6.07 Å². The van der Waals surface area contributed by atoms with Gasteiger partial charge in [-0.2, -0.15) is 5.26 Å². The molecule has 0 saturated carbocycles. The third kappa shape index (κ3) is 1.80. The summed E-state index contributed by atoms with van der Waals surface area (Å²) in [5.41, 5.74) is 1.18. The predicted molar refractivity (Wildman–Crippen MR) is 55.6 cm³/mol. The number of benzene rings is 1. The van der Waals surface area contributed by atoms with Crippen LogP contribution < -0.4 is 0 Å². The van der Waals surface area contributed by atoms with Gasteiger partial charge < -0.3 is 5.11 Å². The Balaban J connectivity index is 3.53. The number of carboxylic acid groups (broad SMARTS) is 1. The van der Waals surface area contributed by atoms with Crippen LogP contribution in [0.5, 0.6) is 0 Å². The first-order valence-electron chi connectivity index (χ1n) is 3.50. The maximum Gasteiger partial charge on any atom is 0.338 e. The van der Waals surface area contributed by atoms with Crippen molar-refractivity contribution in [1.29, 1.82) is 5.26 Å². The van der Waals surface area contributed by atoms with Crippen LogP contribution in [0.25, 0.3) is 0 Å². The van der Waals surface area contributed by atoms with E-state index in [1.54, 1.807) is 6.07 Å². The highest BCUT2D eigenvalue weighted by Crippen LogP contribution is 2.20. The van der Waals surface area contributed by atoms with Crippen LogP contribution >= 0.6 is 22.6 Å². The number of nitrogens with zero attached hydrogens (tertiary/aromatic N) is 1. The molecule has 0 unspecified atom stereocenters. The average Bonchev–Trinajstić information content (AvgIpc) is 2.08. The summed E-state index contributed by atoms with van der Waals surface area (Å²) in [5, 5.41) is 17.5. The Morgan fingerprint density at radius 3 is 2.69 bits per heavy atom. The van der Waals surface area contributed by atoms with Crippen molar-refractivity contribution in [3.05, 3.63) is 32.4 Å². The lowest BCUT2D eigenvalue weighted by molar-refractivity contribution is 0.0695. The van der Waals surface area contributed by atoms with E-state index in [2.05, 4.69) is 0 Å². The molecule has 0 bridgehead atoms. The molecule has 0 spiro atoms. The number of aromatic carboxylic acids is 1. The molecule has 0 saturated heterocycles. The van der Waals surface area contributed by atoms with Crippen molar-refractivity contribution in [2.24, 2.45) is 0 Å². The Labute approximate surface area is 89.1 Å². The fourth-order valence-corrected chi connectivity index (χ4v) is 1.68. The van der Waals surface area contributed by atoms with Crippen molar-refractivity contribution in [3.63, 3.8) is 0 Å². The minimum Gasteiger partial charge on any atom is -0.478 e. The first-order valence-corrected chi connectivity index (χ1v) is 4.58. The predicted octanol–water partition coefficient (Wildman–Crippen LogP) is 2.17. The van der Waals surface area contributed by atoms with E-state index in [-0.39, 0.29) is 11.1 Å². The van der Waals surface area contributed by atoms with Crippen LogP contribution in [-0.2, 0) is 0 Å². The molecule has 0 atom stereocenters. The van der Waals surface area contributed by atoms with Gasteiger partial charge in [0.25, 0.3) is 0 Å². The summed E-state index contributed by atoms with van der Waals surface area (Å²) in [6.45, 7) is 1.81. The van der Waals surface area contributed by atoms with E-state index in [0.717, 1.165) is 5.56 Å². The molecule has 0 aliphatic rings. The van der Waals surface area contributed by atoms with Gasteiger partial charge in [0, 0.05) is 3.57 Å². The molecule has 0 heterocycles. The largest absolute Gasteiger partial charge is 0.478 e. The van der Waals surface area contributed by atoms with Crippen LogP contribution in [0.2, 0.25) is 0 Å². The number of carboxylic acids is 1. The van der Waals surface area contributed by atoms with Crippen molar-refractivity contribution in [2.75, 3.05) is 0 Å². The lowest BCUT2D eigenvalue weighted by Gasteiger charge is -2.03. The summed E-state index contributed by atoms with van der Waals surface area (Å²) >= 11 is 1.94. The van der Waals surface area contributed by atoms with E-state index >= 15 is 0 Å². The number of carbonyl (C=O) groups is 1. The molecule has 0 aliphatic heterocycles. The van der Waals surface area contributed by atoms with Gasteiger partial charge in [0.2, 0.25) is 0 Å². The SMILES string of the molecule is Cc1ccc(C#N)c(C(=O)O)c1I. The molecule has 13 heavy (non-hydrogen) atoms. The molecule has 1 aromatic rings. The lowest BCUT2D eigenvalue weighted by atomic mass is 10.1. The standard InChI is InChI=1S/C9H6INO2/c1-5-2-3-6(4-11)7(8(5)10)9(12)13/h2-3H,1H3,(H,12,13). The molecule has 3 nitrogen and oxygen atoms in total. The van der Waals surface area contributed by atoms with Gasteiger partial charge in [0.1, 0.15) is 6.07 Å². The number of rotatable bonds is 1. The summed E-state index contributed by atoms with van der Waals surface area (Å²) in [6, 6.07) is 5.13. The minimum absolute atomic E-state index is 0.100.